The van der Waals surface area contributed by atoms with Crippen LogP contribution in [0.2, 0.25) is 0 Å². The Hall–Kier alpha value is -1.31. The first-order valence-corrected chi connectivity index (χ1v) is 7.28. The van der Waals surface area contributed by atoms with E-state index in [2.05, 4.69) is 59.7 Å². The van der Waals surface area contributed by atoms with Crippen LogP contribution in [0.3, 0.4) is 0 Å². The quantitative estimate of drug-likeness (QED) is 0.763. The van der Waals surface area contributed by atoms with Crippen LogP contribution in [-0.4, -0.2) is 12.6 Å². The van der Waals surface area contributed by atoms with Gasteiger partial charge in [0.2, 0.25) is 0 Å². The minimum absolute atomic E-state index is 0.0875. The van der Waals surface area contributed by atoms with Crippen LogP contribution in [0.4, 0.5) is 0 Å². The van der Waals surface area contributed by atoms with Crippen LogP contribution in [-0.2, 0) is 26.8 Å². The average Bonchev–Trinajstić information content (AvgIpc) is 2.26. The van der Waals surface area contributed by atoms with Gasteiger partial charge in [-0.3, -0.25) is 4.79 Å². The molecule has 2 heteroatoms. The largest absolute Gasteiger partial charge is 0.465 e. The fourth-order valence-electron chi connectivity index (χ4n) is 2.15. The Kier molecular flexibility index (Phi) is 5.01. The molecule has 1 atom stereocenters. The van der Waals surface area contributed by atoms with Gasteiger partial charge in [-0.15, -0.1) is 0 Å². The van der Waals surface area contributed by atoms with Gasteiger partial charge >= 0.3 is 0 Å². The van der Waals surface area contributed by atoms with E-state index in [1.807, 2.05) is 6.92 Å². The molecule has 1 aromatic rings. The zero-order chi connectivity index (χ0) is 15.6. The van der Waals surface area contributed by atoms with Crippen molar-refractivity contribution in [1.82, 2.24) is 0 Å². The SMILES string of the molecule is CC(Cc1cc(C(C)(C)C)cc(C(C)(C)C)c1)OC=O. The van der Waals surface area contributed by atoms with Crippen LogP contribution < -0.4 is 0 Å². The van der Waals surface area contributed by atoms with Crippen LogP contribution in [0, 0.1) is 0 Å². The lowest BCUT2D eigenvalue weighted by Crippen LogP contribution is -2.18. The average molecular weight is 276 g/mol. The number of carbonyl (C=O) groups excluding carboxylic acids is 1. The van der Waals surface area contributed by atoms with E-state index < -0.39 is 0 Å². The molecule has 0 heterocycles. The topological polar surface area (TPSA) is 26.3 Å². The summed E-state index contributed by atoms with van der Waals surface area (Å²) < 4.78 is 5.02. The van der Waals surface area contributed by atoms with Gasteiger partial charge < -0.3 is 4.74 Å². The Morgan fingerprint density at radius 2 is 1.45 bits per heavy atom. The molecule has 1 aromatic carbocycles. The monoisotopic (exact) mass is 276 g/mol. The molecule has 2 nitrogen and oxygen atoms in total. The molecule has 0 fully saturated rings. The lowest BCUT2D eigenvalue weighted by atomic mass is 9.79. The molecule has 0 saturated carbocycles. The second-order valence-electron chi connectivity index (χ2n) is 7.67. The van der Waals surface area contributed by atoms with Gasteiger partial charge in [-0.1, -0.05) is 59.7 Å². The van der Waals surface area contributed by atoms with Crippen molar-refractivity contribution in [1.29, 1.82) is 0 Å². The highest BCUT2D eigenvalue weighted by Crippen LogP contribution is 2.30. The van der Waals surface area contributed by atoms with Crippen LogP contribution in [0.15, 0.2) is 18.2 Å². The first-order valence-electron chi connectivity index (χ1n) is 7.28. The van der Waals surface area contributed by atoms with Crippen LogP contribution in [0.1, 0.15) is 65.2 Å². The maximum atomic E-state index is 10.4. The molecule has 20 heavy (non-hydrogen) atoms. The predicted octanol–water partition coefficient (Wildman–Crippen LogP) is 4.39. The fraction of sp³-hybridized carbons (Fsp3) is 0.611. The van der Waals surface area contributed by atoms with Crippen molar-refractivity contribution in [3.8, 4) is 0 Å². The van der Waals surface area contributed by atoms with Crippen molar-refractivity contribution >= 4 is 6.47 Å². The number of rotatable bonds is 4. The molecule has 0 aromatic heterocycles. The minimum Gasteiger partial charge on any atom is -0.465 e. The van der Waals surface area contributed by atoms with E-state index in [1.165, 1.54) is 16.7 Å². The van der Waals surface area contributed by atoms with Gasteiger partial charge in [-0.05, 0) is 34.4 Å². The molecule has 0 saturated heterocycles. The van der Waals surface area contributed by atoms with Crippen molar-refractivity contribution in [2.75, 3.05) is 0 Å². The predicted molar refractivity (Wildman–Crippen MR) is 84.2 cm³/mol. The fourth-order valence-corrected chi connectivity index (χ4v) is 2.15. The number of hydrogen-bond donors (Lipinski definition) is 0. The molecule has 0 radical (unpaired) electrons. The summed E-state index contributed by atoms with van der Waals surface area (Å²) >= 11 is 0. The maximum absolute atomic E-state index is 10.4. The molecule has 1 rings (SSSR count). The van der Waals surface area contributed by atoms with Crippen molar-refractivity contribution in [2.45, 2.75) is 71.8 Å². The zero-order valence-corrected chi connectivity index (χ0v) is 13.9. The summed E-state index contributed by atoms with van der Waals surface area (Å²) in [5.74, 6) is 0. The van der Waals surface area contributed by atoms with Gasteiger partial charge in [0.1, 0.15) is 6.10 Å². The van der Waals surface area contributed by atoms with Crippen LogP contribution in [0.5, 0.6) is 0 Å². The lowest BCUT2D eigenvalue weighted by molar-refractivity contribution is -0.132. The molecular weight excluding hydrogens is 248 g/mol. The highest BCUT2D eigenvalue weighted by molar-refractivity contribution is 5.39. The van der Waals surface area contributed by atoms with E-state index >= 15 is 0 Å². The zero-order valence-electron chi connectivity index (χ0n) is 13.9. The Labute approximate surface area is 123 Å². The van der Waals surface area contributed by atoms with E-state index in [0.29, 0.717) is 6.47 Å². The van der Waals surface area contributed by atoms with E-state index in [1.54, 1.807) is 0 Å². The van der Waals surface area contributed by atoms with Gasteiger partial charge in [-0.2, -0.15) is 0 Å². The highest BCUT2D eigenvalue weighted by Gasteiger charge is 2.21. The highest BCUT2D eigenvalue weighted by atomic mass is 16.5. The van der Waals surface area contributed by atoms with E-state index in [-0.39, 0.29) is 16.9 Å². The Bertz CT molecular complexity index is 429. The summed E-state index contributed by atoms with van der Waals surface area (Å²) in [4.78, 5) is 10.4. The number of benzene rings is 1. The second kappa shape index (κ2) is 5.99. The molecule has 0 aliphatic carbocycles. The molecule has 1 unspecified atom stereocenters. The molecule has 112 valence electrons. The third-order valence-corrected chi connectivity index (χ3v) is 3.54. The van der Waals surface area contributed by atoms with Crippen molar-refractivity contribution in [2.24, 2.45) is 0 Å². The molecule has 0 bridgehead atoms. The van der Waals surface area contributed by atoms with Gasteiger partial charge in [0.25, 0.3) is 6.47 Å². The molecule has 0 N–H and O–H groups in total. The molecular formula is C18H28O2. The summed E-state index contributed by atoms with van der Waals surface area (Å²) in [6.07, 6.45) is 0.668. The van der Waals surface area contributed by atoms with Crippen LogP contribution in [0.25, 0.3) is 0 Å². The Balaban J connectivity index is 3.20. The van der Waals surface area contributed by atoms with Crippen molar-refractivity contribution < 1.29 is 9.53 Å². The second-order valence-corrected chi connectivity index (χ2v) is 7.67. The normalized spacial score (nSPS) is 13.9. The summed E-state index contributed by atoms with van der Waals surface area (Å²) in [5.41, 5.74) is 4.13. The molecule has 0 amide bonds. The Morgan fingerprint density at radius 1 is 1.00 bits per heavy atom. The summed E-state index contributed by atoms with van der Waals surface area (Å²) in [6, 6.07) is 6.77. The standard InChI is InChI=1S/C18H28O2/c1-13(20-12-19)8-14-9-15(17(2,3)4)11-16(10-14)18(5,6)7/h9-13H,8H2,1-7H3. The van der Waals surface area contributed by atoms with Crippen molar-refractivity contribution in [3.63, 3.8) is 0 Å². The summed E-state index contributed by atoms with van der Waals surface area (Å²) in [6.45, 7) is 15.8. The molecule has 0 aliphatic rings. The summed E-state index contributed by atoms with van der Waals surface area (Å²) in [5, 5.41) is 0. The third-order valence-electron chi connectivity index (χ3n) is 3.54. The lowest BCUT2D eigenvalue weighted by Gasteiger charge is -2.26. The molecule has 0 aliphatic heterocycles. The number of hydrogen-bond acceptors (Lipinski definition) is 2. The van der Waals surface area contributed by atoms with E-state index in [0.717, 1.165) is 6.42 Å². The maximum Gasteiger partial charge on any atom is 0.293 e. The smallest absolute Gasteiger partial charge is 0.293 e. The number of ether oxygens (including phenoxy) is 1. The van der Waals surface area contributed by atoms with Gasteiger partial charge in [0.15, 0.2) is 0 Å². The first kappa shape index (κ1) is 16.7. The minimum atomic E-state index is -0.0875. The van der Waals surface area contributed by atoms with Crippen molar-refractivity contribution in [3.05, 3.63) is 34.9 Å². The van der Waals surface area contributed by atoms with E-state index in [9.17, 15) is 4.79 Å². The van der Waals surface area contributed by atoms with E-state index in [4.69, 9.17) is 4.74 Å². The third kappa shape index (κ3) is 4.66. The van der Waals surface area contributed by atoms with Gasteiger partial charge in [0.05, 0.1) is 0 Å². The Morgan fingerprint density at radius 3 is 1.80 bits per heavy atom. The first-order chi connectivity index (χ1) is 9.04. The molecule has 0 spiro atoms. The van der Waals surface area contributed by atoms with Crippen LogP contribution >= 0.6 is 0 Å². The van der Waals surface area contributed by atoms with Gasteiger partial charge in [-0.25, -0.2) is 0 Å². The summed E-state index contributed by atoms with van der Waals surface area (Å²) in [7, 11) is 0. The van der Waals surface area contributed by atoms with Gasteiger partial charge in [0, 0.05) is 6.42 Å². The number of carbonyl (C=O) groups is 1.